The zero-order chi connectivity index (χ0) is 22.1. The maximum Gasteiger partial charge on any atom is 0.0811 e. The molecule has 0 aromatic rings. The zero-order valence-corrected chi connectivity index (χ0v) is 19.7. The second-order valence-electron chi connectivity index (χ2n) is 11.3. The molecular formula is C27H44O3. The van der Waals surface area contributed by atoms with Crippen LogP contribution < -0.4 is 0 Å². The van der Waals surface area contributed by atoms with Crippen molar-refractivity contribution < 1.29 is 15.3 Å². The Morgan fingerprint density at radius 3 is 2.67 bits per heavy atom. The van der Waals surface area contributed by atoms with Gasteiger partial charge < -0.3 is 15.3 Å². The molecule has 170 valence electrons. The van der Waals surface area contributed by atoms with Crippen LogP contribution in [0.2, 0.25) is 0 Å². The average Bonchev–Trinajstić information content (AvgIpc) is 3.00. The van der Waals surface area contributed by atoms with E-state index in [0.717, 1.165) is 29.9 Å². The molecule has 30 heavy (non-hydrogen) atoms. The Labute approximate surface area is 184 Å². The lowest BCUT2D eigenvalue weighted by atomic mass is 9.60. The normalized spacial score (nSPS) is 38.8. The van der Waals surface area contributed by atoms with Gasteiger partial charge in [-0.15, -0.1) is 0 Å². The maximum absolute atomic E-state index is 10.1. The number of hydrogen-bond acceptors (Lipinski definition) is 3. The van der Waals surface area contributed by atoms with Crippen LogP contribution in [0.15, 0.2) is 35.5 Å². The van der Waals surface area contributed by atoms with Crippen molar-refractivity contribution in [2.45, 2.75) is 110 Å². The molecule has 0 aromatic carbocycles. The molecule has 3 nitrogen and oxygen atoms in total. The minimum Gasteiger partial charge on any atom is -0.393 e. The first-order chi connectivity index (χ1) is 14.0. The Balaban J connectivity index is 1.70. The van der Waals surface area contributed by atoms with Gasteiger partial charge in [-0.3, -0.25) is 0 Å². The molecule has 3 N–H and O–H groups in total. The van der Waals surface area contributed by atoms with E-state index in [1.807, 2.05) is 13.8 Å². The second-order valence-corrected chi connectivity index (χ2v) is 11.3. The zero-order valence-electron chi connectivity index (χ0n) is 19.7. The average molecular weight is 417 g/mol. The molecule has 0 aliphatic heterocycles. The molecule has 0 saturated heterocycles. The highest BCUT2D eigenvalue weighted by molar-refractivity contribution is 5.38. The number of rotatable bonds is 6. The van der Waals surface area contributed by atoms with Gasteiger partial charge in [0.05, 0.1) is 17.8 Å². The molecule has 0 heterocycles. The van der Waals surface area contributed by atoms with E-state index in [2.05, 4.69) is 32.6 Å². The molecule has 0 spiro atoms. The number of fused-ring (bicyclic) bond motifs is 1. The summed E-state index contributed by atoms with van der Waals surface area (Å²) in [4.78, 5) is 0. The smallest absolute Gasteiger partial charge is 0.0811 e. The lowest BCUT2D eigenvalue weighted by Gasteiger charge is -2.44. The monoisotopic (exact) mass is 416 g/mol. The lowest BCUT2D eigenvalue weighted by molar-refractivity contribution is 0.0596. The van der Waals surface area contributed by atoms with Crippen LogP contribution in [0.25, 0.3) is 0 Å². The van der Waals surface area contributed by atoms with Gasteiger partial charge in [-0.1, -0.05) is 51.0 Å². The fraction of sp³-hybridized carbons (Fsp3) is 0.778. The Bertz CT molecular complexity index is 683. The van der Waals surface area contributed by atoms with E-state index in [1.165, 1.54) is 38.5 Å². The van der Waals surface area contributed by atoms with Crippen molar-refractivity contribution in [1.29, 1.82) is 0 Å². The van der Waals surface area contributed by atoms with Crippen molar-refractivity contribution in [3.63, 3.8) is 0 Å². The third-order valence-electron chi connectivity index (χ3n) is 8.44. The lowest BCUT2D eigenvalue weighted by Crippen LogP contribution is -2.36. The maximum atomic E-state index is 10.1. The number of allylic oxidation sites excluding steroid dienone is 3. The van der Waals surface area contributed by atoms with Gasteiger partial charge >= 0.3 is 0 Å². The molecule has 0 radical (unpaired) electrons. The first-order valence-corrected chi connectivity index (χ1v) is 12.2. The molecule has 6 unspecified atom stereocenters. The van der Waals surface area contributed by atoms with Gasteiger partial charge in [0.15, 0.2) is 0 Å². The van der Waals surface area contributed by atoms with E-state index in [9.17, 15) is 15.3 Å². The summed E-state index contributed by atoms with van der Waals surface area (Å²) in [5.74, 6) is 2.11. The summed E-state index contributed by atoms with van der Waals surface area (Å²) in [6, 6.07) is 0. The van der Waals surface area contributed by atoms with Crippen LogP contribution in [0.3, 0.4) is 0 Å². The standard InChI is InChI=1S/C27H44O3/c1-18(8-6-14-26(3,4)30)23-12-13-24-20(9-7-15-27(23,24)5)10-11-21-16-22(28)17-25(29)19(21)2/h10-11,18,22-25,28-30H,2,6-9,12-17H2,1,3-5H3/b20-10-,21-11+. The molecule has 0 amide bonds. The third-order valence-corrected chi connectivity index (χ3v) is 8.44. The van der Waals surface area contributed by atoms with Gasteiger partial charge in [-0.2, -0.15) is 0 Å². The van der Waals surface area contributed by atoms with E-state index < -0.39 is 17.8 Å². The third kappa shape index (κ3) is 5.29. The van der Waals surface area contributed by atoms with Crippen LogP contribution >= 0.6 is 0 Å². The molecule has 3 aliphatic rings. The van der Waals surface area contributed by atoms with Gasteiger partial charge in [-0.25, -0.2) is 0 Å². The van der Waals surface area contributed by atoms with Crippen molar-refractivity contribution in [2.24, 2.45) is 23.2 Å². The summed E-state index contributed by atoms with van der Waals surface area (Å²) >= 11 is 0. The van der Waals surface area contributed by atoms with Crippen LogP contribution in [0, 0.1) is 23.2 Å². The molecule has 6 atom stereocenters. The molecule has 3 heteroatoms. The Kier molecular flexibility index (Phi) is 7.37. The predicted octanol–water partition coefficient (Wildman–Crippen LogP) is 5.70. The van der Waals surface area contributed by atoms with E-state index in [0.29, 0.717) is 30.1 Å². The van der Waals surface area contributed by atoms with Gasteiger partial charge in [-0.05, 0) is 93.1 Å². The summed E-state index contributed by atoms with van der Waals surface area (Å²) in [5.41, 5.74) is 3.17. The van der Waals surface area contributed by atoms with Crippen molar-refractivity contribution in [1.82, 2.24) is 0 Å². The quantitative estimate of drug-likeness (QED) is 0.520. The Morgan fingerprint density at radius 2 is 1.97 bits per heavy atom. The van der Waals surface area contributed by atoms with Crippen molar-refractivity contribution >= 4 is 0 Å². The highest BCUT2D eigenvalue weighted by atomic mass is 16.3. The molecular weight excluding hydrogens is 372 g/mol. The van der Waals surface area contributed by atoms with Crippen molar-refractivity contribution in [3.8, 4) is 0 Å². The molecule has 3 fully saturated rings. The van der Waals surface area contributed by atoms with E-state index >= 15 is 0 Å². The number of aliphatic hydroxyl groups is 3. The SMILES string of the molecule is C=C1/C(=C/C=C2/CCCC3(C)C2CCC3C(C)CCCC(C)(C)O)CC(O)CC1O. The van der Waals surface area contributed by atoms with Crippen molar-refractivity contribution in [2.75, 3.05) is 0 Å². The molecule has 3 saturated carbocycles. The molecule has 0 bridgehead atoms. The second kappa shape index (κ2) is 9.30. The fourth-order valence-electron chi connectivity index (χ4n) is 6.74. The minimum atomic E-state index is -0.615. The summed E-state index contributed by atoms with van der Waals surface area (Å²) in [7, 11) is 0. The fourth-order valence-corrected chi connectivity index (χ4v) is 6.74. The van der Waals surface area contributed by atoms with Gasteiger partial charge in [0, 0.05) is 6.42 Å². The van der Waals surface area contributed by atoms with Crippen LogP contribution in [0.4, 0.5) is 0 Å². The molecule has 3 aliphatic carbocycles. The topological polar surface area (TPSA) is 60.7 Å². The summed E-state index contributed by atoms with van der Waals surface area (Å²) < 4.78 is 0. The van der Waals surface area contributed by atoms with Gasteiger partial charge in [0.1, 0.15) is 0 Å². The van der Waals surface area contributed by atoms with Crippen molar-refractivity contribution in [3.05, 3.63) is 35.5 Å². The highest BCUT2D eigenvalue weighted by Gasteiger charge is 2.50. The predicted molar refractivity (Wildman–Crippen MR) is 124 cm³/mol. The minimum absolute atomic E-state index is 0.374. The Hall–Kier alpha value is -0.900. The van der Waals surface area contributed by atoms with Crippen LogP contribution in [-0.2, 0) is 0 Å². The summed E-state index contributed by atoms with van der Waals surface area (Å²) in [6.07, 6.45) is 13.9. The molecule has 0 aromatic heterocycles. The molecule has 3 rings (SSSR count). The summed E-state index contributed by atoms with van der Waals surface area (Å²) in [6.45, 7) is 12.8. The van der Waals surface area contributed by atoms with E-state index in [1.54, 1.807) is 5.57 Å². The van der Waals surface area contributed by atoms with Gasteiger partial charge in [0.2, 0.25) is 0 Å². The summed E-state index contributed by atoms with van der Waals surface area (Å²) in [5, 5.41) is 30.2. The number of hydrogen-bond donors (Lipinski definition) is 3. The van der Waals surface area contributed by atoms with E-state index in [4.69, 9.17) is 0 Å². The highest BCUT2D eigenvalue weighted by Crippen LogP contribution is 2.60. The first kappa shape index (κ1) is 23.8. The van der Waals surface area contributed by atoms with Gasteiger partial charge in [0.25, 0.3) is 0 Å². The first-order valence-electron chi connectivity index (χ1n) is 12.2. The largest absolute Gasteiger partial charge is 0.393 e. The Morgan fingerprint density at radius 1 is 1.23 bits per heavy atom. The van der Waals surface area contributed by atoms with E-state index in [-0.39, 0.29) is 0 Å². The van der Waals surface area contributed by atoms with Crippen LogP contribution in [-0.4, -0.2) is 33.1 Å². The number of aliphatic hydroxyl groups excluding tert-OH is 2. The van der Waals surface area contributed by atoms with Crippen LogP contribution in [0.1, 0.15) is 91.9 Å². The van der Waals surface area contributed by atoms with Crippen LogP contribution in [0.5, 0.6) is 0 Å².